The van der Waals surface area contributed by atoms with Gasteiger partial charge in [0.15, 0.2) is 0 Å². The van der Waals surface area contributed by atoms with E-state index in [1.54, 1.807) is 0 Å². The minimum Gasteiger partial charge on any atom is -0.481 e. The Hall–Kier alpha value is -1.93. The highest BCUT2D eigenvalue weighted by Crippen LogP contribution is 2.45. The second kappa shape index (κ2) is 9.96. The van der Waals surface area contributed by atoms with E-state index in [1.165, 1.54) is 0 Å². The molecule has 0 aliphatic heterocycles. The van der Waals surface area contributed by atoms with Crippen LogP contribution in [0.5, 0.6) is 0 Å². The van der Waals surface area contributed by atoms with E-state index < -0.39 is 56.0 Å². The first-order valence-electron chi connectivity index (χ1n) is 6.63. The molecule has 0 amide bonds. The fraction of sp³-hybridized carbons (Fsp3) is 0.667. The fourth-order valence-corrected chi connectivity index (χ4v) is 3.97. The van der Waals surface area contributed by atoms with Crippen molar-refractivity contribution in [1.29, 1.82) is 0 Å². The van der Waals surface area contributed by atoms with Crippen LogP contribution in [-0.4, -0.2) is 63.0 Å². The van der Waals surface area contributed by atoms with Gasteiger partial charge in [-0.05, 0) is 12.8 Å². The van der Waals surface area contributed by atoms with Gasteiger partial charge in [-0.2, -0.15) is 0 Å². The Morgan fingerprint density at radius 2 is 1.52 bits per heavy atom. The maximum Gasteiger partial charge on any atom is 0.307 e. The van der Waals surface area contributed by atoms with Gasteiger partial charge < -0.3 is 24.9 Å². The van der Waals surface area contributed by atoms with E-state index >= 15 is 0 Å². The van der Waals surface area contributed by atoms with E-state index in [2.05, 4.69) is 4.74 Å². The molecule has 0 heterocycles. The number of carbonyl (C=O) groups excluding carboxylic acids is 1. The Morgan fingerprint density at radius 3 is 1.96 bits per heavy atom. The Labute approximate surface area is 131 Å². The first-order chi connectivity index (χ1) is 10.6. The largest absolute Gasteiger partial charge is 0.481 e. The molecule has 0 saturated carbocycles. The van der Waals surface area contributed by atoms with Crippen LogP contribution in [0.2, 0.25) is 0 Å². The van der Waals surface area contributed by atoms with Crippen molar-refractivity contribution in [3.63, 3.8) is 0 Å². The Bertz CT molecular complexity index is 488. The van der Waals surface area contributed by atoms with Crippen molar-refractivity contribution in [3.05, 3.63) is 0 Å². The molecule has 23 heavy (non-hydrogen) atoms. The van der Waals surface area contributed by atoms with Gasteiger partial charge in [-0.25, -0.2) is 0 Å². The normalized spacial score (nSPS) is 15.9. The molecule has 0 aromatic heterocycles. The van der Waals surface area contributed by atoms with Crippen LogP contribution in [0.4, 0.5) is 0 Å². The molecule has 3 atom stereocenters. The van der Waals surface area contributed by atoms with Crippen molar-refractivity contribution >= 4 is 31.7 Å². The summed E-state index contributed by atoms with van der Waals surface area (Å²) in [7, 11) is -4.06. The van der Waals surface area contributed by atoms with Crippen LogP contribution < -0.4 is 0 Å². The number of ether oxygens (including phenoxy) is 1. The molecule has 11 heteroatoms. The number of rotatable bonds is 13. The van der Waals surface area contributed by atoms with Crippen molar-refractivity contribution in [1.82, 2.24) is 0 Å². The lowest BCUT2D eigenvalue weighted by Crippen LogP contribution is -2.24. The smallest absolute Gasteiger partial charge is 0.307 e. The average Bonchev–Trinajstić information content (AvgIpc) is 2.40. The van der Waals surface area contributed by atoms with Gasteiger partial charge in [-0.3, -0.25) is 23.7 Å². The lowest BCUT2D eigenvalue weighted by Gasteiger charge is -2.21. The summed E-state index contributed by atoms with van der Waals surface area (Å²) in [5.41, 5.74) is 0. The molecular formula is C12H19O10P. The number of hydrogen-bond acceptors (Lipinski definition) is 6. The lowest BCUT2D eigenvalue weighted by molar-refractivity contribution is -0.142. The summed E-state index contributed by atoms with van der Waals surface area (Å²) in [6, 6.07) is 0. The van der Waals surface area contributed by atoms with Gasteiger partial charge in [0.2, 0.25) is 7.37 Å². The van der Waals surface area contributed by atoms with E-state index in [-0.39, 0.29) is 25.7 Å². The van der Waals surface area contributed by atoms with Crippen molar-refractivity contribution in [2.45, 2.75) is 31.8 Å². The SMILES string of the molecule is O=COC(CCC(=O)O)CP(=O)(O)CC(CCC(=O)O)C(=O)O. The molecule has 0 radical (unpaired) electrons. The van der Waals surface area contributed by atoms with Crippen molar-refractivity contribution in [2.24, 2.45) is 5.92 Å². The summed E-state index contributed by atoms with van der Waals surface area (Å²) in [4.78, 5) is 52.2. The molecule has 0 rings (SSSR count). The first kappa shape index (κ1) is 21.1. The molecule has 0 aromatic rings. The maximum absolute atomic E-state index is 12.1. The van der Waals surface area contributed by atoms with Crippen molar-refractivity contribution in [3.8, 4) is 0 Å². The molecule has 0 spiro atoms. The highest BCUT2D eigenvalue weighted by atomic mass is 31.2. The second-order valence-corrected chi connectivity index (χ2v) is 7.39. The van der Waals surface area contributed by atoms with Gasteiger partial charge in [0.1, 0.15) is 6.10 Å². The monoisotopic (exact) mass is 354 g/mol. The van der Waals surface area contributed by atoms with Crippen LogP contribution >= 0.6 is 7.37 Å². The first-order valence-corrected chi connectivity index (χ1v) is 8.66. The number of carbonyl (C=O) groups is 4. The van der Waals surface area contributed by atoms with E-state index in [0.29, 0.717) is 0 Å². The zero-order valence-corrected chi connectivity index (χ0v) is 13.1. The maximum atomic E-state index is 12.1. The van der Waals surface area contributed by atoms with Crippen LogP contribution in [0.1, 0.15) is 25.7 Å². The molecule has 0 saturated heterocycles. The number of carboxylic acid groups (broad SMARTS) is 3. The van der Waals surface area contributed by atoms with Crippen LogP contribution in [0.25, 0.3) is 0 Å². The molecule has 0 aliphatic carbocycles. The minimum atomic E-state index is -4.06. The molecule has 132 valence electrons. The predicted molar refractivity (Wildman–Crippen MR) is 75.4 cm³/mol. The van der Waals surface area contributed by atoms with Crippen molar-refractivity contribution in [2.75, 3.05) is 12.3 Å². The third-order valence-corrected chi connectivity index (χ3v) is 4.97. The lowest BCUT2D eigenvalue weighted by atomic mass is 10.1. The van der Waals surface area contributed by atoms with E-state index in [9.17, 15) is 28.6 Å². The summed E-state index contributed by atoms with van der Waals surface area (Å²) in [5, 5.41) is 26.1. The van der Waals surface area contributed by atoms with Crippen LogP contribution in [-0.2, 0) is 28.5 Å². The fourth-order valence-electron chi connectivity index (χ4n) is 1.89. The number of hydrogen-bond donors (Lipinski definition) is 4. The zero-order valence-electron chi connectivity index (χ0n) is 12.2. The minimum absolute atomic E-state index is 0.0195. The van der Waals surface area contributed by atoms with Gasteiger partial charge in [-0.15, -0.1) is 0 Å². The molecule has 0 aromatic carbocycles. The molecule has 0 bridgehead atoms. The van der Waals surface area contributed by atoms with Crippen molar-refractivity contribution < 1.29 is 48.7 Å². The number of aliphatic carboxylic acids is 3. The third-order valence-electron chi connectivity index (χ3n) is 2.98. The summed E-state index contributed by atoms with van der Waals surface area (Å²) < 4.78 is 16.7. The standard InChI is InChI=1S/C12H19O10P/c13-7-22-9(2-4-11(16)17)6-23(20,21)5-8(12(18)19)1-3-10(14)15/h7-9H,1-6H2,(H,14,15)(H,16,17)(H,18,19)(H,20,21). The second-order valence-electron chi connectivity index (χ2n) is 4.97. The van der Waals surface area contributed by atoms with Gasteiger partial charge in [0, 0.05) is 19.0 Å². The summed E-state index contributed by atoms with van der Waals surface area (Å²) >= 11 is 0. The van der Waals surface area contributed by atoms with Crippen LogP contribution in [0, 0.1) is 5.92 Å². The summed E-state index contributed by atoms with van der Waals surface area (Å²) in [6.45, 7) is 0.0195. The topological polar surface area (TPSA) is 176 Å². The highest BCUT2D eigenvalue weighted by Gasteiger charge is 2.32. The van der Waals surface area contributed by atoms with E-state index in [0.717, 1.165) is 0 Å². The molecule has 0 aliphatic rings. The van der Waals surface area contributed by atoms with Gasteiger partial charge in [-0.1, -0.05) is 0 Å². The molecule has 0 fully saturated rings. The quantitative estimate of drug-likeness (QED) is 0.264. The average molecular weight is 354 g/mol. The Kier molecular flexibility index (Phi) is 9.12. The van der Waals surface area contributed by atoms with Gasteiger partial charge >= 0.3 is 17.9 Å². The van der Waals surface area contributed by atoms with Crippen LogP contribution in [0.15, 0.2) is 0 Å². The zero-order chi connectivity index (χ0) is 18.0. The van der Waals surface area contributed by atoms with Gasteiger partial charge in [0.05, 0.1) is 12.1 Å². The third kappa shape index (κ3) is 10.4. The molecule has 4 N–H and O–H groups in total. The summed E-state index contributed by atoms with van der Waals surface area (Å²) in [6.07, 6.45) is -3.76. The molecule has 3 unspecified atom stereocenters. The van der Waals surface area contributed by atoms with E-state index in [1.807, 2.05) is 0 Å². The predicted octanol–water partition coefficient (Wildman–Crippen LogP) is 0.229. The number of carboxylic acids is 3. The van der Waals surface area contributed by atoms with Gasteiger partial charge in [0.25, 0.3) is 6.47 Å². The molecular weight excluding hydrogens is 335 g/mol. The Morgan fingerprint density at radius 1 is 1.00 bits per heavy atom. The van der Waals surface area contributed by atoms with E-state index in [4.69, 9.17) is 15.3 Å². The molecule has 10 nitrogen and oxygen atoms in total. The van der Waals surface area contributed by atoms with Crippen LogP contribution in [0.3, 0.4) is 0 Å². The summed E-state index contributed by atoms with van der Waals surface area (Å²) in [5.74, 6) is -5.15. The highest BCUT2D eigenvalue weighted by molar-refractivity contribution is 7.58. The Balaban J connectivity index is 4.79.